The van der Waals surface area contributed by atoms with E-state index in [-0.39, 0.29) is 0 Å². The molecule has 0 radical (unpaired) electrons. The van der Waals surface area contributed by atoms with Crippen molar-refractivity contribution in [1.29, 1.82) is 0 Å². The third-order valence-corrected chi connectivity index (χ3v) is 3.20. The van der Waals surface area contributed by atoms with Gasteiger partial charge in [-0.3, -0.25) is 0 Å². The molecule has 0 aliphatic rings. The lowest BCUT2D eigenvalue weighted by Gasteiger charge is -2.11. The summed E-state index contributed by atoms with van der Waals surface area (Å²) in [6.07, 6.45) is 0. The van der Waals surface area contributed by atoms with E-state index < -0.39 is 0 Å². The number of rotatable bonds is 5. The first kappa shape index (κ1) is 14.6. The normalized spacial score (nSPS) is 10.8. The lowest BCUT2D eigenvalue weighted by Crippen LogP contribution is -2.21. The Labute approximate surface area is 121 Å². The number of hydrogen-bond acceptors (Lipinski definition) is 2. The van der Waals surface area contributed by atoms with Crippen LogP contribution in [-0.4, -0.2) is 6.04 Å². The van der Waals surface area contributed by atoms with E-state index in [9.17, 15) is 0 Å². The van der Waals surface area contributed by atoms with Crippen LogP contribution in [0.5, 0.6) is 11.5 Å². The van der Waals surface area contributed by atoms with Crippen molar-refractivity contribution in [2.75, 3.05) is 0 Å². The fraction of sp³-hybridized carbons (Fsp3) is 0.333. The molecule has 2 nitrogen and oxygen atoms in total. The molecule has 2 aromatic carbocycles. The highest BCUT2D eigenvalue weighted by Gasteiger charge is 2.02. The smallest absolute Gasteiger partial charge is 0.130 e. The molecule has 1 N–H and O–H groups in total. The van der Waals surface area contributed by atoms with Gasteiger partial charge in [0, 0.05) is 12.6 Å². The molecule has 0 saturated carbocycles. The summed E-state index contributed by atoms with van der Waals surface area (Å²) in [5.74, 6) is 1.80. The third-order valence-electron chi connectivity index (χ3n) is 3.20. The molecule has 2 rings (SSSR count). The summed E-state index contributed by atoms with van der Waals surface area (Å²) in [4.78, 5) is 0. The second kappa shape index (κ2) is 6.58. The van der Waals surface area contributed by atoms with Gasteiger partial charge >= 0.3 is 0 Å². The van der Waals surface area contributed by atoms with Crippen molar-refractivity contribution in [2.45, 2.75) is 40.3 Å². The zero-order valence-electron chi connectivity index (χ0n) is 12.7. The molecule has 2 aromatic rings. The van der Waals surface area contributed by atoms with E-state index in [0.29, 0.717) is 6.04 Å². The molecule has 0 aliphatic heterocycles. The quantitative estimate of drug-likeness (QED) is 0.857. The monoisotopic (exact) mass is 269 g/mol. The van der Waals surface area contributed by atoms with Crippen LogP contribution >= 0.6 is 0 Å². The van der Waals surface area contributed by atoms with Gasteiger partial charge in [0.1, 0.15) is 11.5 Å². The predicted octanol–water partition coefficient (Wildman–Crippen LogP) is 4.59. The van der Waals surface area contributed by atoms with Crippen LogP contribution in [-0.2, 0) is 6.54 Å². The van der Waals surface area contributed by atoms with Crippen molar-refractivity contribution in [3.05, 3.63) is 59.2 Å². The summed E-state index contributed by atoms with van der Waals surface area (Å²) in [6.45, 7) is 9.35. The summed E-state index contributed by atoms with van der Waals surface area (Å²) in [5, 5.41) is 3.41. The number of ether oxygens (including phenoxy) is 1. The number of hydrogen-bond donors (Lipinski definition) is 1. The minimum Gasteiger partial charge on any atom is -0.457 e. The van der Waals surface area contributed by atoms with Gasteiger partial charge in [-0.25, -0.2) is 0 Å². The van der Waals surface area contributed by atoms with Crippen LogP contribution in [0.1, 0.15) is 30.5 Å². The predicted molar refractivity (Wildman–Crippen MR) is 84.4 cm³/mol. The highest BCUT2D eigenvalue weighted by atomic mass is 16.5. The maximum Gasteiger partial charge on any atom is 0.130 e. The van der Waals surface area contributed by atoms with Crippen molar-refractivity contribution in [2.24, 2.45) is 0 Å². The Morgan fingerprint density at radius 1 is 1.00 bits per heavy atom. The average Bonchev–Trinajstić information content (AvgIpc) is 2.41. The summed E-state index contributed by atoms with van der Waals surface area (Å²) in [6, 6.07) is 15.0. The summed E-state index contributed by atoms with van der Waals surface area (Å²) >= 11 is 0. The van der Waals surface area contributed by atoms with E-state index in [1.807, 2.05) is 18.2 Å². The van der Waals surface area contributed by atoms with Gasteiger partial charge in [-0.05, 0) is 43.2 Å². The van der Waals surface area contributed by atoms with Crippen LogP contribution in [0.4, 0.5) is 0 Å². The van der Waals surface area contributed by atoms with Gasteiger partial charge in [0.25, 0.3) is 0 Å². The average molecular weight is 269 g/mol. The van der Waals surface area contributed by atoms with E-state index in [0.717, 1.165) is 23.6 Å². The van der Waals surface area contributed by atoms with Crippen molar-refractivity contribution in [3.63, 3.8) is 0 Å². The minimum atomic E-state index is 0.501. The van der Waals surface area contributed by atoms with Crippen molar-refractivity contribution >= 4 is 0 Å². The van der Waals surface area contributed by atoms with E-state index in [1.54, 1.807) is 0 Å². The van der Waals surface area contributed by atoms with Crippen molar-refractivity contribution < 1.29 is 4.74 Å². The van der Waals surface area contributed by atoms with Gasteiger partial charge in [-0.1, -0.05) is 43.7 Å². The lowest BCUT2D eigenvalue weighted by molar-refractivity contribution is 0.478. The molecular weight excluding hydrogens is 246 g/mol. The van der Waals surface area contributed by atoms with Crippen LogP contribution in [0, 0.1) is 13.8 Å². The molecule has 0 aromatic heterocycles. The fourth-order valence-corrected chi connectivity index (χ4v) is 2.04. The number of aryl methyl sites for hydroxylation is 2. The van der Waals surface area contributed by atoms with E-state index >= 15 is 0 Å². The van der Waals surface area contributed by atoms with E-state index in [4.69, 9.17) is 4.74 Å². The van der Waals surface area contributed by atoms with Gasteiger partial charge in [-0.2, -0.15) is 0 Å². The third kappa shape index (κ3) is 4.10. The molecule has 106 valence electrons. The molecule has 2 heteroatoms. The molecule has 0 saturated heterocycles. The van der Waals surface area contributed by atoms with Gasteiger partial charge in [0.2, 0.25) is 0 Å². The van der Waals surface area contributed by atoms with E-state index in [1.165, 1.54) is 11.1 Å². The second-order valence-electron chi connectivity index (χ2n) is 5.55. The summed E-state index contributed by atoms with van der Waals surface area (Å²) in [7, 11) is 0. The molecule has 0 heterocycles. The van der Waals surface area contributed by atoms with Crippen LogP contribution in [0.2, 0.25) is 0 Å². The Bertz CT molecular complexity index is 558. The van der Waals surface area contributed by atoms with Crippen LogP contribution in [0.15, 0.2) is 42.5 Å². The molecule has 0 aliphatic carbocycles. The topological polar surface area (TPSA) is 21.3 Å². The first-order chi connectivity index (χ1) is 9.54. The van der Waals surface area contributed by atoms with Gasteiger partial charge in [-0.15, -0.1) is 0 Å². The van der Waals surface area contributed by atoms with Gasteiger partial charge in [0.05, 0.1) is 0 Å². The Morgan fingerprint density at radius 3 is 2.30 bits per heavy atom. The Balaban J connectivity index is 2.03. The molecular formula is C18H23NO. The summed E-state index contributed by atoms with van der Waals surface area (Å²) < 4.78 is 5.92. The maximum atomic E-state index is 5.92. The molecule has 0 spiro atoms. The first-order valence-corrected chi connectivity index (χ1v) is 7.12. The highest BCUT2D eigenvalue weighted by Crippen LogP contribution is 2.25. The second-order valence-corrected chi connectivity index (χ2v) is 5.55. The van der Waals surface area contributed by atoms with Gasteiger partial charge < -0.3 is 10.1 Å². The SMILES string of the molecule is Cc1ccc(Oc2ccc(CNC(C)C)cc2)c(C)c1. The molecule has 0 unspecified atom stereocenters. The molecule has 0 amide bonds. The highest BCUT2D eigenvalue weighted by molar-refractivity contribution is 5.39. The molecule has 20 heavy (non-hydrogen) atoms. The zero-order chi connectivity index (χ0) is 14.5. The number of benzene rings is 2. The Morgan fingerprint density at radius 2 is 1.70 bits per heavy atom. The number of nitrogens with one attached hydrogen (secondary N) is 1. The van der Waals surface area contributed by atoms with Crippen molar-refractivity contribution in [1.82, 2.24) is 5.32 Å². The van der Waals surface area contributed by atoms with Crippen LogP contribution in [0.25, 0.3) is 0 Å². The standard InChI is InChI=1S/C18H23NO/c1-13(2)19-12-16-6-8-17(9-7-16)20-18-10-5-14(3)11-15(18)4/h5-11,13,19H,12H2,1-4H3. The van der Waals surface area contributed by atoms with Crippen LogP contribution < -0.4 is 10.1 Å². The van der Waals surface area contributed by atoms with Crippen LogP contribution in [0.3, 0.4) is 0 Å². The Kier molecular flexibility index (Phi) is 4.80. The summed E-state index contributed by atoms with van der Waals surface area (Å²) in [5.41, 5.74) is 3.69. The largest absolute Gasteiger partial charge is 0.457 e. The lowest BCUT2D eigenvalue weighted by atomic mass is 10.1. The van der Waals surface area contributed by atoms with Crippen molar-refractivity contribution in [3.8, 4) is 11.5 Å². The molecule has 0 fully saturated rings. The first-order valence-electron chi connectivity index (χ1n) is 7.12. The van der Waals surface area contributed by atoms with E-state index in [2.05, 4.69) is 57.3 Å². The Hall–Kier alpha value is -1.80. The fourth-order valence-electron chi connectivity index (χ4n) is 2.04. The molecule has 0 bridgehead atoms. The molecule has 0 atom stereocenters. The van der Waals surface area contributed by atoms with Gasteiger partial charge in [0.15, 0.2) is 0 Å². The maximum absolute atomic E-state index is 5.92. The zero-order valence-corrected chi connectivity index (χ0v) is 12.7. The minimum absolute atomic E-state index is 0.501.